The van der Waals surface area contributed by atoms with Gasteiger partial charge in [-0.25, -0.2) is 4.79 Å². The van der Waals surface area contributed by atoms with Crippen LogP contribution in [0.25, 0.3) is 0 Å². The zero-order valence-electron chi connectivity index (χ0n) is 17.1. The van der Waals surface area contributed by atoms with Crippen LogP contribution >= 0.6 is 23.2 Å². The second-order valence-electron chi connectivity index (χ2n) is 6.92. The molecule has 0 radical (unpaired) electrons. The predicted octanol–water partition coefficient (Wildman–Crippen LogP) is 4.89. The van der Waals surface area contributed by atoms with Crippen molar-refractivity contribution in [2.75, 3.05) is 20.3 Å². The molecule has 2 rings (SSSR count). The molecular weight excluding hydrogens is 431 g/mol. The normalized spacial score (nSPS) is 13.1. The van der Waals surface area contributed by atoms with Gasteiger partial charge in [-0.1, -0.05) is 35.3 Å². The van der Waals surface area contributed by atoms with Crippen molar-refractivity contribution in [2.45, 2.75) is 38.6 Å². The smallest absolute Gasteiger partial charge is 0.333 e. The van der Waals surface area contributed by atoms with E-state index in [2.05, 4.69) is 0 Å². The lowest BCUT2D eigenvalue weighted by Crippen LogP contribution is -2.29. The first-order valence-electron chi connectivity index (χ1n) is 9.49. The van der Waals surface area contributed by atoms with Gasteiger partial charge in [0.05, 0.1) is 11.1 Å². The summed E-state index contributed by atoms with van der Waals surface area (Å²) in [6.45, 7) is 4.09. The standard InChI is InChI=1S/C22H26Cl2O6/c1-14(2)30-21(22(25)26)10-15-5-4-6-17(9-15)28-12-18(27-3)13-29-20-8-7-16(23)11-19(20)24/h4-9,11,14,18,21H,10,12-13H2,1-3H3,(H,25,26). The van der Waals surface area contributed by atoms with E-state index in [4.69, 9.17) is 42.1 Å². The molecule has 2 aromatic rings. The Hall–Kier alpha value is -1.99. The molecule has 0 aliphatic heterocycles. The first kappa shape index (κ1) is 24.3. The second-order valence-corrected chi connectivity index (χ2v) is 7.76. The van der Waals surface area contributed by atoms with Crippen molar-refractivity contribution in [3.05, 3.63) is 58.1 Å². The lowest BCUT2D eigenvalue weighted by Gasteiger charge is -2.19. The topological polar surface area (TPSA) is 74.2 Å². The number of carbonyl (C=O) groups is 1. The first-order chi connectivity index (χ1) is 14.3. The van der Waals surface area contributed by atoms with Crippen LogP contribution in [0.4, 0.5) is 0 Å². The van der Waals surface area contributed by atoms with Gasteiger partial charge in [-0.15, -0.1) is 0 Å². The Bertz CT molecular complexity index is 827. The van der Waals surface area contributed by atoms with Crippen molar-refractivity contribution in [2.24, 2.45) is 0 Å². The van der Waals surface area contributed by atoms with Gasteiger partial charge in [-0.3, -0.25) is 0 Å². The van der Waals surface area contributed by atoms with E-state index in [0.29, 0.717) is 21.5 Å². The SMILES string of the molecule is COC(COc1cccc(CC(OC(C)C)C(=O)O)c1)COc1ccc(Cl)cc1Cl. The van der Waals surface area contributed by atoms with Gasteiger partial charge >= 0.3 is 5.97 Å². The predicted molar refractivity (Wildman–Crippen MR) is 116 cm³/mol. The molecule has 0 amide bonds. The summed E-state index contributed by atoms with van der Waals surface area (Å²) in [5.74, 6) is 0.121. The minimum Gasteiger partial charge on any atom is -0.491 e. The van der Waals surface area contributed by atoms with Gasteiger partial charge in [-0.05, 0) is 49.7 Å². The molecule has 0 saturated heterocycles. The number of hydrogen-bond donors (Lipinski definition) is 1. The quantitative estimate of drug-likeness (QED) is 0.490. The number of carboxylic acids is 1. The van der Waals surface area contributed by atoms with Crippen LogP contribution in [0.5, 0.6) is 11.5 Å². The van der Waals surface area contributed by atoms with Gasteiger partial charge in [0.1, 0.15) is 30.8 Å². The third-order valence-corrected chi connectivity index (χ3v) is 4.65. The van der Waals surface area contributed by atoms with Crippen molar-refractivity contribution >= 4 is 29.2 Å². The van der Waals surface area contributed by atoms with E-state index < -0.39 is 12.1 Å². The second kappa shape index (κ2) is 12.0. The van der Waals surface area contributed by atoms with E-state index in [1.54, 1.807) is 51.3 Å². The van der Waals surface area contributed by atoms with Crippen molar-refractivity contribution in [1.29, 1.82) is 0 Å². The Morgan fingerprint density at radius 3 is 2.43 bits per heavy atom. The van der Waals surface area contributed by atoms with E-state index in [-0.39, 0.29) is 31.8 Å². The number of rotatable bonds is 12. The maximum absolute atomic E-state index is 11.4. The Morgan fingerprint density at radius 1 is 1.07 bits per heavy atom. The highest BCUT2D eigenvalue weighted by molar-refractivity contribution is 6.35. The number of halogens is 2. The number of hydrogen-bond acceptors (Lipinski definition) is 5. The first-order valence-corrected chi connectivity index (χ1v) is 10.2. The number of ether oxygens (including phenoxy) is 4. The lowest BCUT2D eigenvalue weighted by molar-refractivity contribution is -0.153. The maximum Gasteiger partial charge on any atom is 0.333 e. The molecule has 1 N–H and O–H groups in total. The summed E-state index contributed by atoms with van der Waals surface area (Å²) in [6.07, 6.45) is -1.18. The summed E-state index contributed by atoms with van der Waals surface area (Å²) in [5.41, 5.74) is 0.804. The van der Waals surface area contributed by atoms with E-state index in [9.17, 15) is 9.90 Å². The van der Waals surface area contributed by atoms with Gasteiger partial charge in [0.25, 0.3) is 0 Å². The highest BCUT2D eigenvalue weighted by atomic mass is 35.5. The number of benzene rings is 2. The van der Waals surface area contributed by atoms with Crippen molar-refractivity contribution < 1.29 is 28.8 Å². The largest absolute Gasteiger partial charge is 0.491 e. The molecule has 2 aromatic carbocycles. The fourth-order valence-electron chi connectivity index (χ4n) is 2.65. The highest BCUT2D eigenvalue weighted by Crippen LogP contribution is 2.27. The van der Waals surface area contributed by atoms with Gasteiger partial charge < -0.3 is 24.1 Å². The average molecular weight is 457 g/mol. The third kappa shape index (κ3) is 8.03. The molecule has 164 valence electrons. The minimum absolute atomic E-state index is 0.179. The molecule has 0 heterocycles. The molecule has 2 unspecified atom stereocenters. The number of aliphatic carboxylic acids is 1. The van der Waals surface area contributed by atoms with Crippen LogP contribution in [0.1, 0.15) is 19.4 Å². The molecule has 0 aliphatic rings. The van der Waals surface area contributed by atoms with Crippen molar-refractivity contribution in [3.8, 4) is 11.5 Å². The fraction of sp³-hybridized carbons (Fsp3) is 0.409. The molecule has 0 aliphatic carbocycles. The van der Waals surface area contributed by atoms with Crippen molar-refractivity contribution in [1.82, 2.24) is 0 Å². The van der Waals surface area contributed by atoms with Crippen LogP contribution in [-0.2, 0) is 20.7 Å². The summed E-state index contributed by atoms with van der Waals surface area (Å²) in [7, 11) is 1.57. The van der Waals surface area contributed by atoms with Gasteiger partial charge in [0.2, 0.25) is 0 Å². The zero-order valence-corrected chi connectivity index (χ0v) is 18.7. The van der Waals surface area contributed by atoms with Crippen LogP contribution in [0.3, 0.4) is 0 Å². The molecule has 2 atom stereocenters. The molecule has 30 heavy (non-hydrogen) atoms. The maximum atomic E-state index is 11.4. The highest BCUT2D eigenvalue weighted by Gasteiger charge is 2.20. The Kier molecular flexibility index (Phi) is 9.72. The third-order valence-electron chi connectivity index (χ3n) is 4.12. The molecule has 0 fully saturated rings. The van der Waals surface area contributed by atoms with Gasteiger partial charge in [-0.2, -0.15) is 0 Å². The molecule has 0 aromatic heterocycles. The van der Waals surface area contributed by atoms with Crippen LogP contribution in [0, 0.1) is 0 Å². The Morgan fingerprint density at radius 2 is 1.80 bits per heavy atom. The van der Waals surface area contributed by atoms with Crippen LogP contribution < -0.4 is 9.47 Å². The summed E-state index contributed by atoms with van der Waals surface area (Å²) in [4.78, 5) is 11.4. The Labute approximate surface area is 186 Å². The van der Waals surface area contributed by atoms with E-state index >= 15 is 0 Å². The molecular formula is C22H26Cl2O6. The summed E-state index contributed by atoms with van der Waals surface area (Å²) in [6, 6.07) is 12.2. The van der Waals surface area contributed by atoms with E-state index in [1.807, 2.05) is 12.1 Å². The van der Waals surface area contributed by atoms with Crippen LogP contribution in [-0.4, -0.2) is 49.7 Å². The lowest BCUT2D eigenvalue weighted by atomic mass is 10.1. The number of carboxylic acid groups (broad SMARTS) is 1. The van der Waals surface area contributed by atoms with Gasteiger partial charge in [0, 0.05) is 18.6 Å². The summed E-state index contributed by atoms with van der Waals surface area (Å²) >= 11 is 12.0. The Balaban J connectivity index is 1.92. The van der Waals surface area contributed by atoms with Crippen LogP contribution in [0.15, 0.2) is 42.5 Å². The molecule has 8 heteroatoms. The minimum atomic E-state index is -0.993. The molecule has 0 saturated carbocycles. The van der Waals surface area contributed by atoms with Crippen LogP contribution in [0.2, 0.25) is 10.0 Å². The van der Waals surface area contributed by atoms with E-state index in [0.717, 1.165) is 5.56 Å². The van der Waals surface area contributed by atoms with E-state index in [1.165, 1.54) is 0 Å². The molecule has 0 spiro atoms. The van der Waals surface area contributed by atoms with Gasteiger partial charge in [0.15, 0.2) is 6.10 Å². The molecule has 0 bridgehead atoms. The van der Waals surface area contributed by atoms with Crippen molar-refractivity contribution in [3.63, 3.8) is 0 Å². The average Bonchev–Trinajstić information content (AvgIpc) is 2.69. The zero-order chi connectivity index (χ0) is 22.1. The fourth-order valence-corrected chi connectivity index (χ4v) is 3.11. The number of methoxy groups -OCH3 is 1. The monoisotopic (exact) mass is 456 g/mol. The summed E-state index contributed by atoms with van der Waals surface area (Å²) < 4.78 is 22.4. The summed E-state index contributed by atoms with van der Waals surface area (Å²) in [5, 5.41) is 10.3. The molecule has 6 nitrogen and oxygen atoms in total.